The van der Waals surface area contributed by atoms with Gasteiger partial charge in [0.25, 0.3) is 5.56 Å². The average molecular weight is 459 g/mol. The molecule has 1 aromatic carbocycles. The van der Waals surface area contributed by atoms with Gasteiger partial charge >= 0.3 is 0 Å². The fourth-order valence-corrected chi connectivity index (χ4v) is 5.55. The van der Waals surface area contributed by atoms with Crippen LogP contribution in [0.4, 0.5) is 0 Å². The minimum absolute atomic E-state index is 0.0404. The van der Waals surface area contributed by atoms with E-state index in [9.17, 15) is 9.59 Å². The van der Waals surface area contributed by atoms with Gasteiger partial charge in [0.05, 0.1) is 11.7 Å². The Hall–Kier alpha value is -3.32. The van der Waals surface area contributed by atoms with Crippen LogP contribution in [0.3, 0.4) is 0 Å². The minimum atomic E-state index is -0.252. The van der Waals surface area contributed by atoms with Gasteiger partial charge in [0, 0.05) is 30.6 Å². The van der Waals surface area contributed by atoms with E-state index in [0.29, 0.717) is 12.0 Å². The van der Waals surface area contributed by atoms with Gasteiger partial charge in [-0.25, -0.2) is 4.98 Å². The molecule has 1 aliphatic carbocycles. The van der Waals surface area contributed by atoms with Crippen LogP contribution in [-0.4, -0.2) is 20.0 Å². The van der Waals surface area contributed by atoms with Crippen molar-refractivity contribution in [1.29, 1.82) is 0 Å². The fourth-order valence-electron chi connectivity index (χ4n) is 4.33. The van der Waals surface area contributed by atoms with E-state index in [1.54, 1.807) is 22.2 Å². The molecule has 3 heterocycles. The Balaban J connectivity index is 1.35. The van der Waals surface area contributed by atoms with Crippen molar-refractivity contribution in [1.82, 2.24) is 14.1 Å². The van der Waals surface area contributed by atoms with E-state index >= 15 is 0 Å². The summed E-state index contributed by atoms with van der Waals surface area (Å²) < 4.78 is 3.52. The Labute approximate surface area is 195 Å². The summed E-state index contributed by atoms with van der Waals surface area (Å²) in [6, 6.07) is 14.0. The van der Waals surface area contributed by atoms with E-state index in [1.165, 1.54) is 22.4 Å². The number of rotatable bonds is 5. The molecule has 168 valence electrons. The maximum atomic E-state index is 13.1. The number of amides is 1. The van der Waals surface area contributed by atoms with Gasteiger partial charge in [-0.05, 0) is 55.9 Å². The lowest BCUT2D eigenvalue weighted by molar-refractivity contribution is -0.118. The first kappa shape index (κ1) is 21.5. The van der Waals surface area contributed by atoms with Crippen molar-refractivity contribution < 1.29 is 4.79 Å². The van der Waals surface area contributed by atoms with Crippen molar-refractivity contribution in [2.45, 2.75) is 52.1 Å². The molecule has 0 N–H and O–H groups in total. The van der Waals surface area contributed by atoms with Crippen molar-refractivity contribution in [3.63, 3.8) is 0 Å². The topological polar surface area (TPSA) is 69.2 Å². The summed E-state index contributed by atoms with van der Waals surface area (Å²) in [4.78, 5) is 36.7. The zero-order valence-electron chi connectivity index (χ0n) is 18.7. The number of carbonyl (C=O) groups excluding carboxylic acids is 1. The minimum Gasteiger partial charge on any atom is -0.329 e. The van der Waals surface area contributed by atoms with E-state index < -0.39 is 0 Å². The summed E-state index contributed by atoms with van der Waals surface area (Å²) in [6.07, 6.45) is 7.91. The Morgan fingerprint density at radius 3 is 2.76 bits per heavy atom. The smallest absolute Gasteiger partial charge is 0.262 e. The second-order valence-corrected chi connectivity index (χ2v) is 9.65. The highest BCUT2D eigenvalue weighted by Gasteiger charge is 2.20. The van der Waals surface area contributed by atoms with Crippen LogP contribution in [0.2, 0.25) is 0 Å². The van der Waals surface area contributed by atoms with Gasteiger partial charge in [0.1, 0.15) is 10.3 Å². The predicted molar refractivity (Wildman–Crippen MR) is 130 cm³/mol. The summed E-state index contributed by atoms with van der Waals surface area (Å²) in [6.45, 7) is 2.97. The summed E-state index contributed by atoms with van der Waals surface area (Å²) in [5, 5.41) is 0.751. The Bertz CT molecular complexity index is 1440. The second kappa shape index (κ2) is 9.27. The normalized spacial score (nSPS) is 13.9. The van der Waals surface area contributed by atoms with Crippen molar-refractivity contribution in [2.75, 3.05) is 0 Å². The number of nitrogens with zero attached hydrogens (tertiary/aromatic N) is 4. The zero-order valence-corrected chi connectivity index (χ0v) is 19.5. The highest BCUT2D eigenvalue weighted by atomic mass is 32.1. The molecule has 33 heavy (non-hydrogen) atoms. The summed E-state index contributed by atoms with van der Waals surface area (Å²) in [5.41, 5.74) is 4.09. The lowest BCUT2D eigenvalue weighted by Gasteiger charge is -2.10. The SMILES string of the molecule is Cc1ccc(Cn2ccccc2=NC(=O)CCn2cnc3sc4c(c3c2=O)CCCC4)cc1. The predicted octanol–water partition coefficient (Wildman–Crippen LogP) is 4.01. The number of thiophene rings is 1. The van der Waals surface area contributed by atoms with Crippen LogP contribution in [-0.2, 0) is 30.7 Å². The van der Waals surface area contributed by atoms with E-state index in [-0.39, 0.29) is 24.4 Å². The van der Waals surface area contributed by atoms with Crippen LogP contribution in [0.5, 0.6) is 0 Å². The second-order valence-electron chi connectivity index (χ2n) is 8.56. The van der Waals surface area contributed by atoms with Gasteiger partial charge in [0.15, 0.2) is 0 Å². The highest BCUT2D eigenvalue weighted by Crippen LogP contribution is 2.33. The van der Waals surface area contributed by atoms with Crippen molar-refractivity contribution in [3.8, 4) is 0 Å². The van der Waals surface area contributed by atoms with Gasteiger partial charge in [-0.1, -0.05) is 35.9 Å². The fraction of sp³-hybridized carbons (Fsp3) is 0.308. The van der Waals surface area contributed by atoms with Crippen molar-refractivity contribution in [3.05, 3.63) is 92.4 Å². The zero-order chi connectivity index (χ0) is 22.8. The maximum absolute atomic E-state index is 13.1. The van der Waals surface area contributed by atoms with Gasteiger partial charge in [-0.3, -0.25) is 14.2 Å². The van der Waals surface area contributed by atoms with Crippen molar-refractivity contribution >= 4 is 27.5 Å². The van der Waals surface area contributed by atoms with E-state index in [0.717, 1.165) is 35.0 Å². The van der Waals surface area contributed by atoms with Gasteiger partial charge in [-0.15, -0.1) is 11.3 Å². The summed E-state index contributed by atoms with van der Waals surface area (Å²) >= 11 is 1.64. The number of hydrogen-bond acceptors (Lipinski definition) is 4. The summed E-state index contributed by atoms with van der Waals surface area (Å²) in [7, 11) is 0. The van der Waals surface area contributed by atoms with Gasteiger partial charge in [0.2, 0.25) is 5.91 Å². The standard InChI is InChI=1S/C26H26N4O2S/c1-18-9-11-19(12-10-18)16-29-14-5-4-8-22(29)28-23(31)13-15-30-17-27-25-24(26(30)32)20-6-2-3-7-21(20)33-25/h4-5,8-12,14,17H,2-3,6-7,13,15-16H2,1H3. The molecule has 0 unspecified atom stereocenters. The summed E-state index contributed by atoms with van der Waals surface area (Å²) in [5.74, 6) is -0.252. The first-order valence-corrected chi connectivity index (χ1v) is 12.2. The molecule has 7 heteroatoms. The van der Waals surface area contributed by atoms with Crippen LogP contribution < -0.4 is 11.0 Å². The number of benzene rings is 1. The lowest BCUT2D eigenvalue weighted by atomic mass is 9.97. The molecule has 0 saturated carbocycles. The largest absolute Gasteiger partial charge is 0.329 e. The lowest BCUT2D eigenvalue weighted by Crippen LogP contribution is -2.24. The van der Waals surface area contributed by atoms with E-state index in [2.05, 4.69) is 41.2 Å². The Kier molecular flexibility index (Phi) is 6.05. The van der Waals surface area contributed by atoms with Gasteiger partial charge < -0.3 is 4.57 Å². The number of carbonyl (C=O) groups is 1. The maximum Gasteiger partial charge on any atom is 0.262 e. The number of hydrogen-bond donors (Lipinski definition) is 0. The molecule has 0 radical (unpaired) electrons. The molecule has 5 rings (SSSR count). The molecular weight excluding hydrogens is 432 g/mol. The Morgan fingerprint density at radius 2 is 1.91 bits per heavy atom. The third kappa shape index (κ3) is 4.59. The molecule has 1 aliphatic rings. The monoisotopic (exact) mass is 458 g/mol. The third-order valence-electron chi connectivity index (χ3n) is 6.14. The molecule has 0 saturated heterocycles. The number of aromatic nitrogens is 3. The van der Waals surface area contributed by atoms with Crippen LogP contribution in [0.15, 0.2) is 64.8 Å². The number of pyridine rings is 1. The first-order valence-electron chi connectivity index (χ1n) is 11.4. The van der Waals surface area contributed by atoms with Crippen LogP contribution in [0.25, 0.3) is 10.2 Å². The van der Waals surface area contributed by atoms with Crippen LogP contribution in [0, 0.1) is 6.92 Å². The molecule has 4 aromatic rings. The average Bonchev–Trinajstić information content (AvgIpc) is 3.21. The molecule has 0 atom stereocenters. The van der Waals surface area contributed by atoms with Crippen LogP contribution >= 0.6 is 11.3 Å². The van der Waals surface area contributed by atoms with Crippen molar-refractivity contribution in [2.24, 2.45) is 4.99 Å². The molecule has 6 nitrogen and oxygen atoms in total. The van der Waals surface area contributed by atoms with Gasteiger partial charge in [-0.2, -0.15) is 4.99 Å². The molecular formula is C26H26N4O2S. The number of aryl methyl sites for hydroxylation is 4. The van der Waals surface area contributed by atoms with E-state index in [4.69, 9.17) is 0 Å². The Morgan fingerprint density at radius 1 is 1.09 bits per heavy atom. The molecule has 0 fully saturated rings. The highest BCUT2D eigenvalue weighted by molar-refractivity contribution is 7.18. The molecule has 0 bridgehead atoms. The third-order valence-corrected chi connectivity index (χ3v) is 7.34. The first-order chi connectivity index (χ1) is 16.1. The molecule has 0 spiro atoms. The molecule has 3 aromatic heterocycles. The van der Waals surface area contributed by atoms with Crippen LogP contribution in [0.1, 0.15) is 40.8 Å². The molecule has 0 aliphatic heterocycles. The number of fused-ring (bicyclic) bond motifs is 3. The van der Waals surface area contributed by atoms with E-state index in [1.807, 2.05) is 29.0 Å². The molecule has 1 amide bonds. The quantitative estimate of drug-likeness (QED) is 0.454.